The van der Waals surface area contributed by atoms with Gasteiger partial charge in [-0.2, -0.15) is 0 Å². The van der Waals surface area contributed by atoms with Gasteiger partial charge in [0, 0.05) is 12.0 Å². The molecule has 4 aromatic rings. The van der Waals surface area contributed by atoms with Gasteiger partial charge in [0.25, 0.3) is 5.91 Å². The number of nitrogens with zero attached hydrogens (tertiary/aromatic N) is 2. The van der Waals surface area contributed by atoms with Gasteiger partial charge < -0.3 is 14.5 Å². The Balaban J connectivity index is 1.14. The van der Waals surface area contributed by atoms with Crippen molar-refractivity contribution in [3.05, 3.63) is 102 Å². The summed E-state index contributed by atoms with van der Waals surface area (Å²) in [6.45, 7) is 0.296. The van der Waals surface area contributed by atoms with Gasteiger partial charge in [0.05, 0.1) is 6.54 Å². The Morgan fingerprint density at radius 3 is 2.32 bits per heavy atom. The Morgan fingerprint density at radius 2 is 1.55 bits per heavy atom. The number of halogens is 1. The summed E-state index contributed by atoms with van der Waals surface area (Å²) in [5.41, 5.74) is 2.86. The van der Waals surface area contributed by atoms with Gasteiger partial charge in [-0.1, -0.05) is 55.3 Å². The average molecular weight is 516 g/mol. The van der Waals surface area contributed by atoms with Gasteiger partial charge in [0.1, 0.15) is 18.2 Å². The standard InChI is InChI=1S/C30H30FN3O4/c31-25-16-12-23(13-17-25)21-37-26-18-14-24(15-19-26)30-34-33-28(38-30)20-32-29(36)27(35)11-7-2-1-4-8-22-9-5-3-6-10-22/h3,5-6,9-10,12-19H,1-2,4,7-8,11,20-21H2,(H,32,36). The number of ketones is 1. The predicted molar refractivity (Wildman–Crippen MR) is 141 cm³/mol. The molecule has 4 rings (SSSR count). The molecule has 38 heavy (non-hydrogen) atoms. The molecular formula is C30H30FN3O4. The Bertz CT molecular complexity index is 1310. The first-order valence-corrected chi connectivity index (χ1v) is 12.7. The van der Waals surface area contributed by atoms with E-state index in [9.17, 15) is 14.0 Å². The van der Waals surface area contributed by atoms with E-state index in [0.717, 1.165) is 31.2 Å². The molecule has 0 unspecified atom stereocenters. The highest BCUT2D eigenvalue weighted by molar-refractivity contribution is 6.36. The number of Topliss-reactive ketones (excluding diaryl/α,β-unsaturated/α-hetero) is 1. The van der Waals surface area contributed by atoms with E-state index in [4.69, 9.17) is 9.15 Å². The Kier molecular flexibility index (Phi) is 9.73. The van der Waals surface area contributed by atoms with E-state index in [-0.39, 0.29) is 24.7 Å². The minimum Gasteiger partial charge on any atom is -0.489 e. The molecule has 196 valence electrons. The largest absolute Gasteiger partial charge is 0.489 e. The van der Waals surface area contributed by atoms with E-state index in [2.05, 4.69) is 27.6 Å². The summed E-state index contributed by atoms with van der Waals surface area (Å²) in [6.07, 6.45) is 4.94. The Hall–Kier alpha value is -4.33. The fourth-order valence-electron chi connectivity index (χ4n) is 3.86. The molecule has 0 aliphatic carbocycles. The summed E-state index contributed by atoms with van der Waals surface area (Å²) in [6, 6.07) is 23.5. The van der Waals surface area contributed by atoms with Crippen LogP contribution >= 0.6 is 0 Å². The third kappa shape index (κ3) is 8.37. The highest BCUT2D eigenvalue weighted by Gasteiger charge is 2.15. The highest BCUT2D eigenvalue weighted by Crippen LogP contribution is 2.22. The summed E-state index contributed by atoms with van der Waals surface area (Å²) < 4.78 is 24.3. The van der Waals surface area contributed by atoms with Crippen LogP contribution < -0.4 is 10.1 Å². The van der Waals surface area contributed by atoms with Gasteiger partial charge in [0.15, 0.2) is 0 Å². The minimum absolute atomic E-state index is 0.0203. The number of unbranched alkanes of at least 4 members (excludes halogenated alkanes) is 3. The van der Waals surface area contributed by atoms with Gasteiger partial charge in [0.2, 0.25) is 17.6 Å². The molecule has 1 aromatic heterocycles. The summed E-state index contributed by atoms with van der Waals surface area (Å²) in [5.74, 6) is -0.232. The molecule has 0 aliphatic heterocycles. The first-order valence-electron chi connectivity index (χ1n) is 12.7. The van der Waals surface area contributed by atoms with Crippen LogP contribution in [0.1, 0.15) is 49.1 Å². The maximum absolute atomic E-state index is 13.0. The highest BCUT2D eigenvalue weighted by atomic mass is 19.1. The van der Waals surface area contributed by atoms with Crippen LogP contribution in [0, 0.1) is 5.82 Å². The molecule has 7 nitrogen and oxygen atoms in total. The van der Waals surface area contributed by atoms with Crippen LogP contribution in [0.15, 0.2) is 83.3 Å². The van der Waals surface area contributed by atoms with Crippen molar-refractivity contribution in [2.24, 2.45) is 0 Å². The molecule has 1 amide bonds. The number of benzene rings is 3. The summed E-state index contributed by atoms with van der Waals surface area (Å²) >= 11 is 0. The van der Waals surface area contributed by atoms with Crippen LogP contribution in [0.2, 0.25) is 0 Å². The van der Waals surface area contributed by atoms with Crippen molar-refractivity contribution < 1.29 is 23.1 Å². The van der Waals surface area contributed by atoms with Gasteiger partial charge in [-0.25, -0.2) is 4.39 Å². The molecule has 0 aliphatic rings. The zero-order chi connectivity index (χ0) is 26.6. The second kappa shape index (κ2) is 13.8. The SMILES string of the molecule is O=C(CCCCCCc1ccccc1)C(=O)NCc1nnc(-c2ccc(OCc3ccc(F)cc3)cc2)o1. The topological polar surface area (TPSA) is 94.3 Å². The predicted octanol–water partition coefficient (Wildman–Crippen LogP) is 5.83. The van der Waals surface area contributed by atoms with E-state index >= 15 is 0 Å². The van der Waals surface area contributed by atoms with Gasteiger partial charge in [-0.15, -0.1) is 10.2 Å². The molecule has 0 fully saturated rings. The third-order valence-electron chi connectivity index (χ3n) is 6.00. The Morgan fingerprint density at radius 1 is 0.816 bits per heavy atom. The van der Waals surface area contributed by atoms with E-state index in [1.807, 2.05) is 18.2 Å². The van der Waals surface area contributed by atoms with Gasteiger partial charge in [-0.05, 0) is 66.8 Å². The molecule has 0 bridgehead atoms. The molecule has 1 heterocycles. The number of carbonyl (C=O) groups excluding carboxylic acids is 2. The lowest BCUT2D eigenvalue weighted by atomic mass is 10.0. The van der Waals surface area contributed by atoms with Crippen molar-refractivity contribution in [3.63, 3.8) is 0 Å². The van der Waals surface area contributed by atoms with E-state index in [1.165, 1.54) is 17.7 Å². The number of nitrogens with one attached hydrogen (secondary N) is 1. The number of aryl methyl sites for hydroxylation is 1. The maximum atomic E-state index is 13.0. The van der Waals surface area contributed by atoms with E-state index in [0.29, 0.717) is 30.2 Å². The molecule has 0 spiro atoms. The molecule has 8 heteroatoms. The van der Waals surface area contributed by atoms with Gasteiger partial charge in [-0.3, -0.25) is 9.59 Å². The molecule has 0 radical (unpaired) electrons. The zero-order valence-electron chi connectivity index (χ0n) is 21.1. The molecule has 0 saturated heterocycles. The zero-order valence-corrected chi connectivity index (χ0v) is 21.1. The van der Waals surface area contributed by atoms with Crippen molar-refractivity contribution in [2.75, 3.05) is 0 Å². The monoisotopic (exact) mass is 515 g/mol. The van der Waals surface area contributed by atoms with E-state index < -0.39 is 11.7 Å². The average Bonchev–Trinajstić information content (AvgIpc) is 3.43. The second-order valence-electron chi connectivity index (χ2n) is 8.95. The lowest BCUT2D eigenvalue weighted by molar-refractivity contribution is -0.138. The van der Waals surface area contributed by atoms with Crippen LogP contribution in [0.4, 0.5) is 4.39 Å². The van der Waals surface area contributed by atoms with Crippen molar-refractivity contribution in [1.82, 2.24) is 15.5 Å². The van der Waals surface area contributed by atoms with Crippen molar-refractivity contribution in [1.29, 1.82) is 0 Å². The number of aromatic nitrogens is 2. The number of amides is 1. The summed E-state index contributed by atoms with van der Waals surface area (Å²) in [4.78, 5) is 24.3. The lowest BCUT2D eigenvalue weighted by Gasteiger charge is -2.06. The molecule has 0 saturated carbocycles. The van der Waals surface area contributed by atoms with Crippen LogP contribution in [-0.2, 0) is 29.2 Å². The normalized spacial score (nSPS) is 10.8. The summed E-state index contributed by atoms with van der Waals surface area (Å²) in [5, 5.41) is 10.5. The first kappa shape index (κ1) is 26.7. The number of hydrogen-bond acceptors (Lipinski definition) is 6. The first-order chi connectivity index (χ1) is 18.6. The fourth-order valence-corrected chi connectivity index (χ4v) is 3.86. The van der Waals surface area contributed by atoms with Crippen LogP contribution in [-0.4, -0.2) is 21.9 Å². The fraction of sp³-hybridized carbons (Fsp3) is 0.267. The number of ether oxygens (including phenoxy) is 1. The van der Waals surface area contributed by atoms with Crippen LogP contribution in [0.25, 0.3) is 11.5 Å². The minimum atomic E-state index is -0.642. The lowest BCUT2D eigenvalue weighted by Crippen LogP contribution is -2.30. The van der Waals surface area contributed by atoms with Crippen molar-refractivity contribution >= 4 is 11.7 Å². The van der Waals surface area contributed by atoms with Crippen LogP contribution in [0.5, 0.6) is 5.75 Å². The summed E-state index contributed by atoms with van der Waals surface area (Å²) in [7, 11) is 0. The number of rotatable bonds is 14. The van der Waals surface area contributed by atoms with E-state index in [1.54, 1.807) is 36.4 Å². The molecule has 3 aromatic carbocycles. The maximum Gasteiger partial charge on any atom is 0.287 e. The number of carbonyl (C=O) groups is 2. The van der Waals surface area contributed by atoms with Gasteiger partial charge >= 0.3 is 0 Å². The second-order valence-corrected chi connectivity index (χ2v) is 8.95. The quantitative estimate of drug-likeness (QED) is 0.168. The number of hydrogen-bond donors (Lipinski definition) is 1. The van der Waals surface area contributed by atoms with Crippen molar-refractivity contribution in [2.45, 2.75) is 51.7 Å². The molecular weight excluding hydrogens is 485 g/mol. The van der Waals surface area contributed by atoms with Crippen molar-refractivity contribution in [3.8, 4) is 17.2 Å². The molecule has 1 N–H and O–H groups in total. The van der Waals surface area contributed by atoms with Crippen LogP contribution in [0.3, 0.4) is 0 Å². The third-order valence-corrected chi connectivity index (χ3v) is 6.00. The smallest absolute Gasteiger partial charge is 0.287 e. The Labute approximate surface area is 221 Å². The molecule has 0 atom stereocenters.